The van der Waals surface area contributed by atoms with Crippen LogP contribution in [0.15, 0.2) is 54.1 Å². The Bertz CT molecular complexity index is 1180. The van der Waals surface area contributed by atoms with Crippen molar-refractivity contribution in [3.05, 3.63) is 87.4 Å². The molecule has 1 aliphatic heterocycles. The summed E-state index contributed by atoms with van der Waals surface area (Å²) in [5, 5.41) is 11.1. The van der Waals surface area contributed by atoms with E-state index in [4.69, 9.17) is 0 Å². The van der Waals surface area contributed by atoms with E-state index in [0.29, 0.717) is 5.69 Å². The molecule has 8 heteroatoms. The number of aryl methyl sites for hydroxylation is 2. The number of hydrogen-bond acceptors (Lipinski definition) is 5. The summed E-state index contributed by atoms with van der Waals surface area (Å²) < 4.78 is 28.0. The molecule has 1 aromatic heterocycles. The smallest absolute Gasteiger partial charge is 0.301 e. The maximum Gasteiger partial charge on any atom is 0.301 e. The van der Waals surface area contributed by atoms with Crippen molar-refractivity contribution in [3.8, 4) is 0 Å². The number of halogens is 2. The number of aliphatic hydroxyl groups is 1. The zero-order valence-electron chi connectivity index (χ0n) is 16.0. The molecule has 0 saturated carbocycles. The highest BCUT2D eigenvalue weighted by Crippen LogP contribution is 2.44. The number of Topliss-reactive ketones (excluding diaryl/α,β-unsaturated/α-hetero) is 1. The molecule has 0 aliphatic carbocycles. The fourth-order valence-corrected chi connectivity index (χ4v) is 4.28. The minimum Gasteiger partial charge on any atom is -0.507 e. The molecule has 30 heavy (non-hydrogen) atoms. The van der Waals surface area contributed by atoms with Crippen LogP contribution in [-0.4, -0.2) is 21.8 Å². The number of ketones is 1. The van der Waals surface area contributed by atoms with Crippen LogP contribution in [0.2, 0.25) is 0 Å². The summed E-state index contributed by atoms with van der Waals surface area (Å²) in [5.41, 5.74) is 0.595. The predicted octanol–water partition coefficient (Wildman–Crippen LogP) is 4.66. The fraction of sp³-hybridized carbons (Fsp3) is 0.136. The number of hydrogen-bond donors (Lipinski definition) is 1. The predicted molar refractivity (Wildman–Crippen MR) is 109 cm³/mol. The van der Waals surface area contributed by atoms with Crippen LogP contribution < -0.4 is 4.90 Å². The molecule has 3 aromatic rings. The van der Waals surface area contributed by atoms with Gasteiger partial charge < -0.3 is 5.11 Å². The van der Waals surface area contributed by atoms with E-state index < -0.39 is 35.1 Å². The van der Waals surface area contributed by atoms with E-state index in [2.05, 4.69) is 4.98 Å². The minimum atomic E-state index is -1.21. The normalized spacial score (nSPS) is 18.3. The highest BCUT2D eigenvalue weighted by Gasteiger charge is 2.49. The standard InChI is InChI=1S/C22H16F2N2O3S/c1-11-12(2)30-22(25-11)26-18(15-5-3-4-6-16(15)24)17(20(28)21(26)29)19(27)13-7-9-14(23)10-8-13/h3-10,18,27H,1-2H3/b19-17+/t18-/m0/s1. The second-order valence-electron chi connectivity index (χ2n) is 6.84. The molecule has 5 nitrogen and oxygen atoms in total. The van der Waals surface area contributed by atoms with Gasteiger partial charge >= 0.3 is 5.91 Å². The first-order valence-corrected chi connectivity index (χ1v) is 9.86. The van der Waals surface area contributed by atoms with Crippen LogP contribution in [-0.2, 0) is 9.59 Å². The van der Waals surface area contributed by atoms with Crippen molar-refractivity contribution in [2.45, 2.75) is 19.9 Å². The van der Waals surface area contributed by atoms with Gasteiger partial charge in [-0.2, -0.15) is 0 Å². The molecule has 1 N–H and O–H groups in total. The molecule has 0 unspecified atom stereocenters. The van der Waals surface area contributed by atoms with Crippen molar-refractivity contribution in [2.75, 3.05) is 4.90 Å². The third kappa shape index (κ3) is 3.19. The largest absolute Gasteiger partial charge is 0.507 e. The van der Waals surface area contributed by atoms with Crippen LogP contribution >= 0.6 is 11.3 Å². The van der Waals surface area contributed by atoms with Crippen molar-refractivity contribution in [2.24, 2.45) is 0 Å². The van der Waals surface area contributed by atoms with Crippen LogP contribution in [0.3, 0.4) is 0 Å². The average molecular weight is 426 g/mol. The number of nitrogens with zero attached hydrogens (tertiary/aromatic N) is 2. The van der Waals surface area contributed by atoms with Crippen LogP contribution in [0, 0.1) is 25.5 Å². The summed E-state index contributed by atoms with van der Waals surface area (Å²) in [5.74, 6) is -3.54. The van der Waals surface area contributed by atoms with Crippen LogP contribution in [0.1, 0.15) is 27.7 Å². The highest BCUT2D eigenvalue weighted by molar-refractivity contribution is 7.16. The summed E-state index contributed by atoms with van der Waals surface area (Å²) >= 11 is 1.20. The van der Waals surface area contributed by atoms with Crippen molar-refractivity contribution in [1.82, 2.24) is 4.98 Å². The van der Waals surface area contributed by atoms with Gasteiger partial charge in [-0.3, -0.25) is 14.5 Å². The number of aliphatic hydroxyl groups excluding tert-OH is 1. The Morgan fingerprint density at radius 2 is 1.73 bits per heavy atom. The molecular formula is C22H16F2N2O3S. The molecule has 2 aromatic carbocycles. The van der Waals surface area contributed by atoms with E-state index in [-0.39, 0.29) is 21.8 Å². The van der Waals surface area contributed by atoms with E-state index in [9.17, 15) is 23.5 Å². The van der Waals surface area contributed by atoms with E-state index in [1.54, 1.807) is 13.0 Å². The molecule has 1 aliphatic rings. The molecule has 1 amide bonds. The number of anilines is 1. The van der Waals surface area contributed by atoms with Crippen LogP contribution in [0.4, 0.5) is 13.9 Å². The lowest BCUT2D eigenvalue weighted by molar-refractivity contribution is -0.132. The summed E-state index contributed by atoms with van der Waals surface area (Å²) in [4.78, 5) is 32.2. The van der Waals surface area contributed by atoms with Crippen LogP contribution in [0.5, 0.6) is 0 Å². The van der Waals surface area contributed by atoms with Crippen molar-refractivity contribution in [3.63, 3.8) is 0 Å². The molecular weight excluding hydrogens is 410 g/mol. The maximum absolute atomic E-state index is 14.7. The monoisotopic (exact) mass is 426 g/mol. The lowest BCUT2D eigenvalue weighted by atomic mass is 9.95. The summed E-state index contributed by atoms with van der Waals surface area (Å²) in [6.07, 6.45) is 0. The zero-order chi connectivity index (χ0) is 21.6. The SMILES string of the molecule is Cc1nc(N2C(=O)C(=O)/C(=C(/O)c3ccc(F)cc3)[C@@H]2c2ccccc2F)sc1C. The van der Waals surface area contributed by atoms with Crippen LogP contribution in [0.25, 0.3) is 5.76 Å². The Morgan fingerprint density at radius 1 is 1.07 bits per heavy atom. The molecule has 0 bridgehead atoms. The molecule has 4 rings (SSSR count). The fourth-order valence-electron chi connectivity index (χ4n) is 3.34. The molecule has 0 spiro atoms. The van der Waals surface area contributed by atoms with Gasteiger partial charge in [0.15, 0.2) is 5.13 Å². The molecule has 0 radical (unpaired) electrons. The molecule has 152 valence electrons. The lowest BCUT2D eigenvalue weighted by Gasteiger charge is -2.23. The summed E-state index contributed by atoms with van der Waals surface area (Å²) in [6, 6.07) is 9.34. The number of carbonyl (C=O) groups is 2. The number of aromatic nitrogens is 1. The van der Waals surface area contributed by atoms with E-state index in [1.807, 2.05) is 6.92 Å². The van der Waals surface area contributed by atoms with Gasteiger partial charge in [-0.25, -0.2) is 13.8 Å². The lowest BCUT2D eigenvalue weighted by Crippen LogP contribution is -2.29. The van der Waals surface area contributed by atoms with Gasteiger partial charge in [0, 0.05) is 16.0 Å². The maximum atomic E-state index is 14.7. The van der Waals surface area contributed by atoms with Gasteiger partial charge in [-0.1, -0.05) is 18.2 Å². The molecule has 2 heterocycles. The van der Waals surface area contributed by atoms with Gasteiger partial charge in [0.2, 0.25) is 0 Å². The Morgan fingerprint density at radius 3 is 2.33 bits per heavy atom. The first kappa shape index (κ1) is 19.9. The van der Waals surface area contributed by atoms with Gasteiger partial charge in [-0.05, 0) is 44.2 Å². The number of carbonyl (C=O) groups excluding carboxylic acids is 2. The van der Waals surface area contributed by atoms with Gasteiger partial charge in [-0.15, -0.1) is 11.3 Å². The first-order chi connectivity index (χ1) is 14.3. The van der Waals surface area contributed by atoms with E-state index >= 15 is 0 Å². The van der Waals surface area contributed by atoms with E-state index in [0.717, 1.165) is 21.9 Å². The quantitative estimate of drug-likeness (QED) is 0.376. The molecule has 1 saturated heterocycles. The second-order valence-corrected chi connectivity index (χ2v) is 8.02. The Balaban J connectivity index is 1.97. The van der Waals surface area contributed by atoms with Crippen molar-refractivity contribution < 1.29 is 23.5 Å². The second kappa shape index (κ2) is 7.46. The Kier molecular flexibility index (Phi) is 4.95. The Labute approximate surface area is 174 Å². The molecule has 1 fully saturated rings. The third-order valence-corrected chi connectivity index (χ3v) is 6.06. The number of amides is 1. The zero-order valence-corrected chi connectivity index (χ0v) is 16.8. The number of rotatable bonds is 3. The third-order valence-electron chi connectivity index (χ3n) is 4.99. The van der Waals surface area contributed by atoms with Gasteiger partial charge in [0.05, 0.1) is 11.3 Å². The number of benzene rings is 2. The first-order valence-electron chi connectivity index (χ1n) is 9.05. The highest BCUT2D eigenvalue weighted by atomic mass is 32.1. The van der Waals surface area contributed by atoms with E-state index in [1.165, 1.54) is 41.7 Å². The Hall–Kier alpha value is -3.39. The number of thiazole rings is 1. The molecule has 1 atom stereocenters. The average Bonchev–Trinajstić information content (AvgIpc) is 3.18. The minimum absolute atomic E-state index is 0.0471. The summed E-state index contributed by atoms with van der Waals surface area (Å²) in [7, 11) is 0. The van der Waals surface area contributed by atoms with Gasteiger partial charge in [0.25, 0.3) is 5.78 Å². The topological polar surface area (TPSA) is 70.5 Å². The van der Waals surface area contributed by atoms with Crippen molar-refractivity contribution >= 4 is 33.9 Å². The summed E-state index contributed by atoms with van der Waals surface area (Å²) in [6.45, 7) is 3.59. The van der Waals surface area contributed by atoms with Crippen molar-refractivity contribution in [1.29, 1.82) is 0 Å². The van der Waals surface area contributed by atoms with Gasteiger partial charge in [0.1, 0.15) is 23.4 Å².